The van der Waals surface area contributed by atoms with E-state index >= 15 is 0 Å². The third-order valence-electron chi connectivity index (χ3n) is 2.76. The zero-order valence-corrected chi connectivity index (χ0v) is 12.6. The van der Waals surface area contributed by atoms with Crippen molar-refractivity contribution in [3.63, 3.8) is 0 Å². The monoisotopic (exact) mass is 319 g/mol. The Morgan fingerprint density at radius 2 is 1.91 bits per heavy atom. The van der Waals surface area contributed by atoms with Gasteiger partial charge in [-0.25, -0.2) is 4.79 Å². The highest BCUT2D eigenvalue weighted by Gasteiger charge is 2.09. The Morgan fingerprint density at radius 1 is 1.14 bits per heavy atom. The van der Waals surface area contributed by atoms with Crippen LogP contribution in [0.1, 0.15) is 10.4 Å². The molecule has 0 atom stereocenters. The van der Waals surface area contributed by atoms with E-state index in [1.807, 2.05) is 0 Å². The molecule has 0 heterocycles. The molecule has 0 aliphatic rings. The number of carbonyl (C=O) groups is 2. The number of nitrogens with one attached hydrogen (secondary N) is 1. The lowest BCUT2D eigenvalue weighted by atomic mass is 10.2. The van der Waals surface area contributed by atoms with E-state index in [1.165, 1.54) is 13.2 Å². The summed E-state index contributed by atoms with van der Waals surface area (Å²) < 4.78 is 9.96. The molecule has 5 nitrogen and oxygen atoms in total. The van der Waals surface area contributed by atoms with Gasteiger partial charge in [0.25, 0.3) is 5.91 Å². The van der Waals surface area contributed by atoms with Crippen molar-refractivity contribution < 1.29 is 19.1 Å². The Morgan fingerprint density at radius 3 is 2.64 bits per heavy atom. The van der Waals surface area contributed by atoms with Crippen LogP contribution in [-0.2, 0) is 9.53 Å². The zero-order chi connectivity index (χ0) is 15.9. The Bertz CT molecular complexity index is 687. The Hall–Kier alpha value is -2.53. The van der Waals surface area contributed by atoms with Crippen molar-refractivity contribution in [3.8, 4) is 5.75 Å². The van der Waals surface area contributed by atoms with Gasteiger partial charge in [0.1, 0.15) is 5.75 Å². The van der Waals surface area contributed by atoms with Crippen LogP contribution < -0.4 is 10.1 Å². The van der Waals surface area contributed by atoms with Crippen LogP contribution in [0.25, 0.3) is 0 Å². The topological polar surface area (TPSA) is 64.6 Å². The van der Waals surface area contributed by atoms with Gasteiger partial charge in [0.15, 0.2) is 6.61 Å². The molecule has 2 rings (SSSR count). The van der Waals surface area contributed by atoms with Gasteiger partial charge >= 0.3 is 5.97 Å². The second kappa shape index (κ2) is 7.47. The number of halogens is 1. The predicted octanol–water partition coefficient (Wildman–Crippen LogP) is 3.14. The van der Waals surface area contributed by atoms with Gasteiger partial charge < -0.3 is 14.8 Å². The molecular formula is C16H14ClNO4. The molecule has 0 aliphatic heterocycles. The third-order valence-corrected chi connectivity index (χ3v) is 3.08. The maximum atomic E-state index is 11.9. The number of para-hydroxylation sites is 1. The van der Waals surface area contributed by atoms with Crippen LogP contribution in [0, 0.1) is 0 Å². The smallest absolute Gasteiger partial charge is 0.337 e. The molecule has 0 unspecified atom stereocenters. The van der Waals surface area contributed by atoms with Crippen molar-refractivity contribution in [2.75, 3.05) is 19.0 Å². The van der Waals surface area contributed by atoms with E-state index in [0.717, 1.165) is 0 Å². The lowest BCUT2D eigenvalue weighted by Crippen LogP contribution is -2.20. The summed E-state index contributed by atoms with van der Waals surface area (Å²) in [5.74, 6) is -0.395. The summed E-state index contributed by atoms with van der Waals surface area (Å²) in [6.45, 7) is -0.188. The average molecular weight is 320 g/mol. The minimum absolute atomic E-state index is 0.188. The number of carbonyl (C=O) groups excluding carboxylic acids is 2. The van der Waals surface area contributed by atoms with E-state index in [4.69, 9.17) is 16.3 Å². The van der Waals surface area contributed by atoms with E-state index in [1.54, 1.807) is 42.5 Å². The van der Waals surface area contributed by atoms with Gasteiger partial charge in [-0.05, 0) is 30.3 Å². The van der Waals surface area contributed by atoms with Crippen LogP contribution in [-0.4, -0.2) is 25.6 Å². The zero-order valence-electron chi connectivity index (χ0n) is 11.8. The molecular weight excluding hydrogens is 306 g/mol. The lowest BCUT2D eigenvalue weighted by molar-refractivity contribution is -0.118. The molecule has 2 aromatic rings. The van der Waals surface area contributed by atoms with Gasteiger partial charge in [0, 0.05) is 5.69 Å². The lowest BCUT2D eigenvalue weighted by Gasteiger charge is -2.09. The van der Waals surface area contributed by atoms with Crippen molar-refractivity contribution in [1.82, 2.24) is 0 Å². The third kappa shape index (κ3) is 4.23. The first-order chi connectivity index (χ1) is 10.6. The maximum absolute atomic E-state index is 11.9. The minimum atomic E-state index is -0.469. The molecule has 1 amide bonds. The quantitative estimate of drug-likeness (QED) is 0.860. The van der Waals surface area contributed by atoms with Gasteiger partial charge in [-0.2, -0.15) is 0 Å². The second-order valence-electron chi connectivity index (χ2n) is 4.34. The van der Waals surface area contributed by atoms with Gasteiger partial charge in [-0.1, -0.05) is 29.8 Å². The van der Waals surface area contributed by atoms with Crippen LogP contribution in [0.2, 0.25) is 5.02 Å². The SMILES string of the molecule is COC(=O)c1cccc(NC(=O)COc2ccccc2Cl)c1. The standard InChI is InChI=1S/C16H14ClNO4/c1-21-16(20)11-5-4-6-12(9-11)18-15(19)10-22-14-8-3-2-7-13(14)17/h2-9H,10H2,1H3,(H,18,19). The minimum Gasteiger partial charge on any atom is -0.482 e. The van der Waals surface area contributed by atoms with Crippen molar-refractivity contribution in [2.45, 2.75) is 0 Å². The molecule has 0 aromatic heterocycles. The number of anilines is 1. The second-order valence-corrected chi connectivity index (χ2v) is 4.75. The van der Waals surface area contributed by atoms with Gasteiger partial charge in [0.05, 0.1) is 17.7 Å². The number of benzene rings is 2. The van der Waals surface area contributed by atoms with E-state index < -0.39 is 5.97 Å². The van der Waals surface area contributed by atoms with Crippen LogP contribution in [0.3, 0.4) is 0 Å². The molecule has 0 aliphatic carbocycles. The Labute approximate surface area is 132 Å². The van der Waals surface area contributed by atoms with Crippen LogP contribution in [0.4, 0.5) is 5.69 Å². The summed E-state index contributed by atoms with van der Waals surface area (Å²) in [5, 5.41) is 3.07. The van der Waals surface area contributed by atoms with Crippen LogP contribution in [0.15, 0.2) is 48.5 Å². The summed E-state index contributed by atoms with van der Waals surface area (Å²) in [4.78, 5) is 23.3. The number of methoxy groups -OCH3 is 1. The van der Waals surface area contributed by atoms with Gasteiger partial charge in [0.2, 0.25) is 0 Å². The predicted molar refractivity (Wildman–Crippen MR) is 83.4 cm³/mol. The molecule has 22 heavy (non-hydrogen) atoms. The van der Waals surface area contributed by atoms with Crippen LogP contribution in [0.5, 0.6) is 5.75 Å². The maximum Gasteiger partial charge on any atom is 0.337 e. The molecule has 0 bridgehead atoms. The first kappa shape index (κ1) is 15.9. The number of amides is 1. The molecule has 1 N–H and O–H groups in total. The highest BCUT2D eigenvalue weighted by molar-refractivity contribution is 6.32. The molecule has 114 valence electrons. The normalized spacial score (nSPS) is 9.91. The number of esters is 1. The van der Waals surface area contributed by atoms with Crippen molar-refractivity contribution in [3.05, 3.63) is 59.1 Å². The highest BCUT2D eigenvalue weighted by atomic mass is 35.5. The average Bonchev–Trinajstić information content (AvgIpc) is 2.53. The molecule has 0 saturated heterocycles. The van der Waals surface area contributed by atoms with E-state index in [9.17, 15) is 9.59 Å². The Kier molecular flexibility index (Phi) is 5.38. The highest BCUT2D eigenvalue weighted by Crippen LogP contribution is 2.23. The van der Waals surface area contributed by atoms with Crippen molar-refractivity contribution in [1.29, 1.82) is 0 Å². The fraction of sp³-hybridized carbons (Fsp3) is 0.125. The molecule has 6 heteroatoms. The molecule has 0 radical (unpaired) electrons. The van der Waals surface area contributed by atoms with E-state index in [-0.39, 0.29) is 12.5 Å². The van der Waals surface area contributed by atoms with E-state index in [2.05, 4.69) is 10.1 Å². The first-order valence-electron chi connectivity index (χ1n) is 6.45. The van der Waals surface area contributed by atoms with E-state index in [0.29, 0.717) is 22.0 Å². The summed E-state index contributed by atoms with van der Waals surface area (Å²) in [6, 6.07) is 13.3. The largest absolute Gasteiger partial charge is 0.482 e. The summed E-state index contributed by atoms with van der Waals surface area (Å²) in [5.41, 5.74) is 0.836. The first-order valence-corrected chi connectivity index (χ1v) is 6.83. The van der Waals surface area contributed by atoms with Gasteiger partial charge in [-0.15, -0.1) is 0 Å². The number of rotatable bonds is 5. The molecule has 0 fully saturated rings. The number of hydrogen-bond acceptors (Lipinski definition) is 4. The van der Waals surface area contributed by atoms with Crippen molar-refractivity contribution in [2.24, 2.45) is 0 Å². The summed E-state index contributed by atoms with van der Waals surface area (Å²) in [6.07, 6.45) is 0. The molecule has 2 aromatic carbocycles. The summed E-state index contributed by atoms with van der Waals surface area (Å²) in [7, 11) is 1.30. The van der Waals surface area contributed by atoms with Crippen molar-refractivity contribution >= 4 is 29.2 Å². The molecule has 0 spiro atoms. The summed E-state index contributed by atoms with van der Waals surface area (Å²) >= 11 is 5.93. The number of hydrogen-bond donors (Lipinski definition) is 1. The fourth-order valence-corrected chi connectivity index (χ4v) is 1.93. The van der Waals surface area contributed by atoms with Gasteiger partial charge in [-0.3, -0.25) is 4.79 Å². The van der Waals surface area contributed by atoms with Crippen LogP contribution >= 0.6 is 11.6 Å². The Balaban J connectivity index is 1.95. The molecule has 0 saturated carbocycles. The fourth-order valence-electron chi connectivity index (χ4n) is 1.74. The number of ether oxygens (including phenoxy) is 2.